The molecule has 0 saturated carbocycles. The van der Waals surface area contributed by atoms with Gasteiger partial charge in [-0.05, 0) is 61.7 Å². The molecule has 3 rings (SSSR count). The molecule has 3 aromatic rings. The molecule has 0 unspecified atom stereocenters. The van der Waals surface area contributed by atoms with E-state index in [9.17, 15) is 9.90 Å². The fourth-order valence-electron chi connectivity index (χ4n) is 3.47. The van der Waals surface area contributed by atoms with Crippen molar-refractivity contribution in [2.24, 2.45) is 0 Å². The van der Waals surface area contributed by atoms with Crippen LogP contribution in [0.1, 0.15) is 27.9 Å². The highest BCUT2D eigenvalue weighted by Crippen LogP contribution is 2.30. The molecular weight excluding hydrogens is 378 g/mol. The number of methoxy groups -OCH3 is 1. The third-order valence-corrected chi connectivity index (χ3v) is 5.01. The number of hydrogen-bond donors (Lipinski definition) is 1. The van der Waals surface area contributed by atoms with Gasteiger partial charge in [0, 0.05) is 23.0 Å². The highest BCUT2D eigenvalue weighted by molar-refractivity contribution is 5.87. The van der Waals surface area contributed by atoms with Crippen LogP contribution in [0.2, 0.25) is 0 Å². The van der Waals surface area contributed by atoms with E-state index in [1.807, 2.05) is 51.1 Å². The Morgan fingerprint density at radius 3 is 2.43 bits per heavy atom. The summed E-state index contributed by atoms with van der Waals surface area (Å²) in [7, 11) is 1.60. The summed E-state index contributed by atoms with van der Waals surface area (Å²) < 4.78 is 5.45. The summed E-state index contributed by atoms with van der Waals surface area (Å²) in [6.07, 6.45) is 0.631. The monoisotopic (exact) mass is 401 g/mol. The molecule has 0 fully saturated rings. The first-order valence-electron chi connectivity index (χ1n) is 9.45. The van der Waals surface area contributed by atoms with E-state index in [2.05, 4.69) is 11.1 Å². The molecule has 1 aromatic heterocycles. The Kier molecular flexibility index (Phi) is 6.03. The summed E-state index contributed by atoms with van der Waals surface area (Å²) in [5.74, 6) is 0.716. The van der Waals surface area contributed by atoms with Crippen molar-refractivity contribution in [2.75, 3.05) is 12.0 Å². The number of benzene rings is 2. The van der Waals surface area contributed by atoms with Crippen LogP contribution in [0.15, 0.2) is 48.7 Å². The van der Waals surface area contributed by atoms with Gasteiger partial charge in [-0.1, -0.05) is 18.2 Å². The molecule has 1 amide bonds. The number of nitrogens with zero attached hydrogens (tertiary/aromatic N) is 3. The van der Waals surface area contributed by atoms with E-state index >= 15 is 0 Å². The van der Waals surface area contributed by atoms with E-state index in [1.54, 1.807) is 25.4 Å². The Morgan fingerprint density at radius 2 is 1.83 bits per heavy atom. The van der Waals surface area contributed by atoms with Crippen LogP contribution in [0.4, 0.5) is 10.5 Å². The molecule has 1 heterocycles. The molecule has 1 N–H and O–H groups in total. The van der Waals surface area contributed by atoms with Gasteiger partial charge in [0.15, 0.2) is 0 Å². The van der Waals surface area contributed by atoms with Crippen LogP contribution in [0, 0.1) is 32.1 Å². The molecule has 0 aliphatic heterocycles. The van der Waals surface area contributed by atoms with Crippen molar-refractivity contribution in [3.63, 3.8) is 0 Å². The van der Waals surface area contributed by atoms with Crippen molar-refractivity contribution in [1.82, 2.24) is 4.98 Å². The lowest BCUT2D eigenvalue weighted by atomic mass is 10.0. The second-order valence-electron chi connectivity index (χ2n) is 7.16. The minimum atomic E-state index is -1.06. The van der Waals surface area contributed by atoms with Crippen LogP contribution < -0.4 is 9.64 Å². The van der Waals surface area contributed by atoms with E-state index in [1.165, 1.54) is 4.90 Å². The molecule has 0 bridgehead atoms. The van der Waals surface area contributed by atoms with Gasteiger partial charge in [0.2, 0.25) is 0 Å². The van der Waals surface area contributed by atoms with Gasteiger partial charge in [0.25, 0.3) is 0 Å². The second-order valence-corrected chi connectivity index (χ2v) is 7.16. The third-order valence-electron chi connectivity index (χ3n) is 5.01. The zero-order valence-corrected chi connectivity index (χ0v) is 17.4. The maximum atomic E-state index is 12.1. The van der Waals surface area contributed by atoms with Gasteiger partial charge in [-0.15, -0.1) is 0 Å². The summed E-state index contributed by atoms with van der Waals surface area (Å²) >= 11 is 0. The molecule has 0 atom stereocenters. The number of pyridine rings is 1. The number of nitriles is 1. The molecule has 0 aliphatic rings. The molecule has 2 aromatic carbocycles. The van der Waals surface area contributed by atoms with Gasteiger partial charge >= 0.3 is 6.09 Å². The number of aryl methyl sites for hydroxylation is 2. The second kappa shape index (κ2) is 8.66. The number of amides is 1. The van der Waals surface area contributed by atoms with Crippen molar-refractivity contribution in [3.05, 3.63) is 76.6 Å². The number of carboxylic acid groups (broad SMARTS) is 1. The van der Waals surface area contributed by atoms with E-state index in [-0.39, 0.29) is 6.54 Å². The largest absolute Gasteiger partial charge is 0.496 e. The van der Waals surface area contributed by atoms with Gasteiger partial charge in [0.1, 0.15) is 5.75 Å². The van der Waals surface area contributed by atoms with Crippen molar-refractivity contribution in [3.8, 4) is 22.9 Å². The van der Waals surface area contributed by atoms with Crippen molar-refractivity contribution in [1.29, 1.82) is 5.26 Å². The Bertz CT molecular complexity index is 1130. The van der Waals surface area contributed by atoms with Gasteiger partial charge in [0.05, 0.1) is 31.0 Å². The fourth-order valence-corrected chi connectivity index (χ4v) is 3.47. The fraction of sp³-hybridized carbons (Fsp3) is 0.208. The minimum absolute atomic E-state index is 0.105. The summed E-state index contributed by atoms with van der Waals surface area (Å²) in [6.45, 7) is 5.82. The molecular formula is C24H23N3O3. The predicted molar refractivity (Wildman–Crippen MR) is 116 cm³/mol. The van der Waals surface area contributed by atoms with Crippen LogP contribution in [-0.4, -0.2) is 23.3 Å². The first-order valence-corrected chi connectivity index (χ1v) is 9.45. The molecule has 152 valence electrons. The summed E-state index contributed by atoms with van der Waals surface area (Å²) in [4.78, 5) is 17.8. The molecule has 0 spiro atoms. The normalized spacial score (nSPS) is 10.4. The number of aromatic nitrogens is 1. The quantitative estimate of drug-likeness (QED) is 0.632. The van der Waals surface area contributed by atoms with E-state index in [4.69, 9.17) is 10.00 Å². The van der Waals surface area contributed by atoms with E-state index in [0.717, 1.165) is 27.8 Å². The summed E-state index contributed by atoms with van der Waals surface area (Å²) in [5.41, 5.74) is 6.23. The van der Waals surface area contributed by atoms with E-state index in [0.29, 0.717) is 22.7 Å². The summed E-state index contributed by atoms with van der Waals surface area (Å²) in [5, 5.41) is 18.9. The number of ether oxygens (including phenoxy) is 1. The van der Waals surface area contributed by atoms with Crippen molar-refractivity contribution < 1.29 is 14.6 Å². The lowest BCUT2D eigenvalue weighted by Gasteiger charge is -2.22. The van der Waals surface area contributed by atoms with Crippen molar-refractivity contribution >= 4 is 11.8 Å². The average molecular weight is 401 g/mol. The van der Waals surface area contributed by atoms with E-state index < -0.39 is 6.09 Å². The summed E-state index contributed by atoms with van der Waals surface area (Å²) in [6, 6.07) is 15.0. The van der Waals surface area contributed by atoms with Crippen LogP contribution in [-0.2, 0) is 6.54 Å². The topological polar surface area (TPSA) is 86.4 Å². The van der Waals surface area contributed by atoms with Crippen molar-refractivity contribution in [2.45, 2.75) is 27.3 Å². The lowest BCUT2D eigenvalue weighted by Crippen LogP contribution is -2.29. The maximum absolute atomic E-state index is 12.1. The maximum Gasteiger partial charge on any atom is 0.412 e. The van der Waals surface area contributed by atoms with Crippen LogP contribution >= 0.6 is 0 Å². The SMILES string of the molecule is COc1c(C)cnc(CN(C(=O)O)c2cc(C)cc(-c3ccc(C#N)cc3)c2)c1C. The number of hydrogen-bond acceptors (Lipinski definition) is 4. The Hall–Kier alpha value is -3.85. The number of rotatable bonds is 5. The van der Waals surface area contributed by atoms with Gasteiger partial charge in [-0.2, -0.15) is 5.26 Å². The zero-order valence-electron chi connectivity index (χ0n) is 17.4. The lowest BCUT2D eigenvalue weighted by molar-refractivity contribution is 0.201. The minimum Gasteiger partial charge on any atom is -0.496 e. The molecule has 6 nitrogen and oxygen atoms in total. The van der Waals surface area contributed by atoms with Gasteiger partial charge in [-0.3, -0.25) is 9.88 Å². The molecule has 0 radical (unpaired) electrons. The Morgan fingerprint density at radius 1 is 1.13 bits per heavy atom. The standard InChI is InChI=1S/C24H23N3O3/c1-15-9-20(19-7-5-18(12-25)6-8-19)11-21(10-15)27(24(28)29)14-22-17(3)23(30-4)16(2)13-26-22/h5-11,13H,14H2,1-4H3,(H,28,29). The van der Waals surface area contributed by atoms with Crippen LogP contribution in [0.25, 0.3) is 11.1 Å². The number of carbonyl (C=O) groups is 1. The third kappa shape index (κ3) is 4.26. The molecule has 6 heteroatoms. The number of anilines is 1. The molecule has 0 aliphatic carbocycles. The molecule has 30 heavy (non-hydrogen) atoms. The van der Waals surface area contributed by atoms with Gasteiger partial charge in [-0.25, -0.2) is 4.79 Å². The van der Waals surface area contributed by atoms with Crippen LogP contribution in [0.5, 0.6) is 5.75 Å². The highest BCUT2D eigenvalue weighted by Gasteiger charge is 2.20. The highest BCUT2D eigenvalue weighted by atomic mass is 16.5. The zero-order chi connectivity index (χ0) is 21.8. The first kappa shape index (κ1) is 20.9. The Balaban J connectivity index is 2.02. The predicted octanol–water partition coefficient (Wildman–Crippen LogP) is 5.24. The smallest absolute Gasteiger partial charge is 0.412 e. The molecule has 0 saturated heterocycles. The van der Waals surface area contributed by atoms with Gasteiger partial charge < -0.3 is 9.84 Å². The average Bonchev–Trinajstić information content (AvgIpc) is 2.73. The Labute approximate surface area is 176 Å². The van der Waals surface area contributed by atoms with Crippen LogP contribution in [0.3, 0.4) is 0 Å². The first-order chi connectivity index (χ1) is 14.3.